The molecular formula is C26H24. The van der Waals surface area contributed by atoms with Crippen molar-refractivity contribution >= 4 is 5.57 Å². The molecular weight excluding hydrogens is 312 g/mol. The third kappa shape index (κ3) is 3.55. The summed E-state index contributed by atoms with van der Waals surface area (Å²) >= 11 is 0. The van der Waals surface area contributed by atoms with Crippen molar-refractivity contribution in [3.8, 4) is 22.3 Å². The van der Waals surface area contributed by atoms with Crippen LogP contribution < -0.4 is 0 Å². The zero-order valence-corrected chi connectivity index (χ0v) is 15.3. The van der Waals surface area contributed by atoms with Gasteiger partial charge in [0.1, 0.15) is 0 Å². The molecule has 0 saturated carbocycles. The molecule has 3 aromatic carbocycles. The summed E-state index contributed by atoms with van der Waals surface area (Å²) in [5.74, 6) is 0. The molecule has 0 radical (unpaired) electrons. The number of rotatable bonds is 4. The van der Waals surface area contributed by atoms with Crippen molar-refractivity contribution in [1.29, 1.82) is 0 Å². The lowest BCUT2D eigenvalue weighted by Crippen LogP contribution is -1.91. The number of allylic oxidation sites excluding steroid dienone is 4. The molecule has 0 unspecified atom stereocenters. The zero-order chi connectivity index (χ0) is 17.8. The van der Waals surface area contributed by atoms with Gasteiger partial charge in [0.15, 0.2) is 0 Å². The molecule has 1 aliphatic carbocycles. The Bertz CT molecular complexity index is 958. The lowest BCUT2D eigenvalue weighted by Gasteiger charge is -2.14. The van der Waals surface area contributed by atoms with Gasteiger partial charge < -0.3 is 0 Å². The summed E-state index contributed by atoms with van der Waals surface area (Å²) in [7, 11) is 0. The number of hydrogen-bond donors (Lipinski definition) is 0. The summed E-state index contributed by atoms with van der Waals surface area (Å²) in [6, 6.07) is 26.6. The average Bonchev–Trinajstić information content (AvgIpc) is 2.75. The minimum absolute atomic E-state index is 1.06. The molecule has 4 rings (SSSR count). The fourth-order valence-corrected chi connectivity index (χ4v) is 3.56. The van der Waals surface area contributed by atoms with Gasteiger partial charge in [-0.2, -0.15) is 0 Å². The third-order valence-electron chi connectivity index (χ3n) is 5.04. The van der Waals surface area contributed by atoms with E-state index in [1.54, 1.807) is 0 Å². The molecule has 26 heavy (non-hydrogen) atoms. The maximum absolute atomic E-state index is 2.36. The molecule has 1 aliphatic rings. The highest BCUT2D eigenvalue weighted by molar-refractivity contribution is 5.83. The van der Waals surface area contributed by atoms with E-state index in [1.807, 2.05) is 0 Å². The summed E-state index contributed by atoms with van der Waals surface area (Å²) in [4.78, 5) is 0. The predicted octanol–water partition coefficient (Wildman–Crippen LogP) is 7.32. The average molecular weight is 336 g/mol. The van der Waals surface area contributed by atoms with Gasteiger partial charge in [0.05, 0.1) is 0 Å². The Morgan fingerprint density at radius 1 is 0.654 bits per heavy atom. The highest BCUT2D eigenvalue weighted by Crippen LogP contribution is 2.32. The van der Waals surface area contributed by atoms with Gasteiger partial charge >= 0.3 is 0 Å². The Morgan fingerprint density at radius 2 is 1.38 bits per heavy atom. The highest BCUT2D eigenvalue weighted by Gasteiger charge is 2.09. The molecule has 0 heterocycles. The van der Waals surface area contributed by atoms with Gasteiger partial charge in [-0.05, 0) is 76.4 Å². The van der Waals surface area contributed by atoms with E-state index in [1.165, 1.54) is 39.0 Å². The van der Waals surface area contributed by atoms with E-state index >= 15 is 0 Å². The minimum Gasteiger partial charge on any atom is -0.0836 e. The summed E-state index contributed by atoms with van der Waals surface area (Å²) in [6.45, 7) is 2.21. The predicted molar refractivity (Wildman–Crippen MR) is 113 cm³/mol. The van der Waals surface area contributed by atoms with E-state index in [0.717, 1.165) is 19.3 Å². The highest BCUT2D eigenvalue weighted by atomic mass is 14.1. The van der Waals surface area contributed by atoms with E-state index < -0.39 is 0 Å². The molecule has 0 atom stereocenters. The fraction of sp³-hybridized carbons (Fsp3) is 0.154. The molecule has 0 saturated heterocycles. The molecule has 0 aromatic heterocycles. The third-order valence-corrected chi connectivity index (χ3v) is 5.04. The van der Waals surface area contributed by atoms with Gasteiger partial charge in [0.2, 0.25) is 0 Å². The van der Waals surface area contributed by atoms with Crippen LogP contribution in [0.2, 0.25) is 0 Å². The van der Waals surface area contributed by atoms with Crippen molar-refractivity contribution in [3.05, 3.63) is 102 Å². The Morgan fingerprint density at radius 3 is 2.12 bits per heavy atom. The van der Waals surface area contributed by atoms with E-state index in [4.69, 9.17) is 0 Å². The summed E-state index contributed by atoms with van der Waals surface area (Å²) in [5.41, 5.74) is 9.15. The Balaban J connectivity index is 1.87. The van der Waals surface area contributed by atoms with Crippen molar-refractivity contribution < 1.29 is 0 Å². The lowest BCUT2D eigenvalue weighted by molar-refractivity contribution is 1.04. The second-order valence-corrected chi connectivity index (χ2v) is 6.86. The molecule has 0 N–H and O–H groups in total. The van der Waals surface area contributed by atoms with Crippen molar-refractivity contribution in [1.82, 2.24) is 0 Å². The van der Waals surface area contributed by atoms with E-state index in [2.05, 4.69) is 97.9 Å². The first-order valence-electron chi connectivity index (χ1n) is 9.50. The number of benzene rings is 3. The van der Waals surface area contributed by atoms with Crippen molar-refractivity contribution in [2.75, 3.05) is 0 Å². The number of hydrogen-bond acceptors (Lipinski definition) is 0. The van der Waals surface area contributed by atoms with Crippen LogP contribution in [0.5, 0.6) is 0 Å². The maximum Gasteiger partial charge on any atom is -0.0172 e. The second-order valence-electron chi connectivity index (χ2n) is 6.86. The van der Waals surface area contributed by atoms with Crippen LogP contribution in [0.1, 0.15) is 30.9 Å². The van der Waals surface area contributed by atoms with Crippen molar-refractivity contribution in [3.63, 3.8) is 0 Å². The van der Waals surface area contributed by atoms with Gasteiger partial charge in [-0.25, -0.2) is 0 Å². The summed E-state index contributed by atoms with van der Waals surface area (Å²) < 4.78 is 0. The zero-order valence-electron chi connectivity index (χ0n) is 15.3. The Labute approximate surface area is 156 Å². The molecule has 0 nitrogen and oxygen atoms in total. The first kappa shape index (κ1) is 16.6. The molecule has 0 spiro atoms. The van der Waals surface area contributed by atoms with Crippen LogP contribution in [-0.4, -0.2) is 0 Å². The van der Waals surface area contributed by atoms with Gasteiger partial charge in [-0.1, -0.05) is 79.7 Å². The Hall–Kier alpha value is -2.86. The minimum atomic E-state index is 1.06. The number of aryl methyl sites for hydroxylation is 1. The van der Waals surface area contributed by atoms with Crippen LogP contribution in [0, 0.1) is 0 Å². The standard InChI is InChI=1S/C26H24/c1-2-20-10-9-15-23(16-20)26-18-24(21-11-5-3-6-12-21)17-25(19-26)22-13-7-4-8-14-22/h3,5-7,9-19H,2,4,8H2,1H3. The van der Waals surface area contributed by atoms with Crippen molar-refractivity contribution in [2.45, 2.75) is 26.2 Å². The second kappa shape index (κ2) is 7.58. The largest absolute Gasteiger partial charge is 0.0836 e. The molecule has 0 amide bonds. The summed E-state index contributed by atoms with van der Waals surface area (Å²) in [5, 5.41) is 0. The first-order chi connectivity index (χ1) is 12.8. The van der Waals surface area contributed by atoms with Crippen molar-refractivity contribution in [2.24, 2.45) is 0 Å². The van der Waals surface area contributed by atoms with Crippen LogP contribution in [0.4, 0.5) is 0 Å². The van der Waals surface area contributed by atoms with E-state index in [9.17, 15) is 0 Å². The van der Waals surface area contributed by atoms with Gasteiger partial charge in [-0.3, -0.25) is 0 Å². The summed E-state index contributed by atoms with van der Waals surface area (Å²) in [6.07, 6.45) is 10.2. The quantitative estimate of drug-likeness (QED) is 0.468. The van der Waals surface area contributed by atoms with Crippen LogP contribution in [0.25, 0.3) is 27.8 Å². The van der Waals surface area contributed by atoms with E-state index in [0.29, 0.717) is 0 Å². The molecule has 128 valence electrons. The molecule has 0 bridgehead atoms. The first-order valence-corrected chi connectivity index (χ1v) is 9.50. The molecule has 3 aromatic rings. The van der Waals surface area contributed by atoms with Crippen LogP contribution >= 0.6 is 0 Å². The van der Waals surface area contributed by atoms with Gasteiger partial charge in [0, 0.05) is 0 Å². The van der Waals surface area contributed by atoms with Gasteiger partial charge in [0.25, 0.3) is 0 Å². The Kier molecular flexibility index (Phi) is 4.84. The maximum atomic E-state index is 2.36. The van der Waals surface area contributed by atoms with Gasteiger partial charge in [-0.15, -0.1) is 0 Å². The smallest absolute Gasteiger partial charge is 0.0172 e. The van der Waals surface area contributed by atoms with Crippen LogP contribution in [0.3, 0.4) is 0 Å². The molecule has 0 heteroatoms. The van der Waals surface area contributed by atoms with Crippen LogP contribution in [-0.2, 0) is 6.42 Å². The lowest BCUT2D eigenvalue weighted by atomic mass is 9.91. The SMILES string of the molecule is CCc1cccc(-c2cc(C3=CCCC=C3)cc(-c3ccccc3)c2)c1. The topological polar surface area (TPSA) is 0 Å². The fourth-order valence-electron chi connectivity index (χ4n) is 3.56. The molecule has 0 aliphatic heterocycles. The monoisotopic (exact) mass is 336 g/mol. The van der Waals surface area contributed by atoms with Crippen LogP contribution in [0.15, 0.2) is 91.0 Å². The molecule has 0 fully saturated rings. The van der Waals surface area contributed by atoms with E-state index in [-0.39, 0.29) is 0 Å². The normalized spacial score (nSPS) is 13.5.